The number of methoxy groups -OCH3 is 2. The molecule has 0 unspecified atom stereocenters. The van der Waals surface area contributed by atoms with Crippen LogP contribution in [0.1, 0.15) is 20.7 Å². The minimum absolute atomic E-state index is 0.355. The first kappa shape index (κ1) is 16.7. The Labute approximate surface area is 144 Å². The number of ether oxygens (including phenoxy) is 2. The third-order valence-electron chi connectivity index (χ3n) is 3.09. The fraction of sp³-hybridized carbons (Fsp3) is 0.125. The molecule has 0 fully saturated rings. The average molecular weight is 428 g/mol. The zero-order chi connectivity index (χ0) is 16.3. The predicted molar refractivity (Wildman–Crippen MR) is 90.0 cm³/mol. The summed E-state index contributed by atoms with van der Waals surface area (Å²) in [5, 5.41) is 0. The molecule has 0 N–H and O–H groups in total. The Bertz CT molecular complexity index is 677. The summed E-state index contributed by atoms with van der Waals surface area (Å²) in [5.74, 6) is -0.967. The van der Waals surface area contributed by atoms with Crippen molar-refractivity contribution in [3.63, 3.8) is 0 Å². The number of hydrogen-bond acceptors (Lipinski definition) is 4. The van der Waals surface area contributed by atoms with Crippen LogP contribution in [0, 0.1) is 0 Å². The monoisotopic (exact) mass is 426 g/mol. The summed E-state index contributed by atoms with van der Waals surface area (Å²) in [5.41, 5.74) is 1.85. The number of carbonyl (C=O) groups is 2. The van der Waals surface area contributed by atoms with Gasteiger partial charge >= 0.3 is 11.9 Å². The molecule has 6 heteroatoms. The van der Waals surface area contributed by atoms with E-state index in [0.29, 0.717) is 31.2 Å². The lowest BCUT2D eigenvalue weighted by Crippen LogP contribution is -2.08. The molecule has 0 aromatic heterocycles. The van der Waals surface area contributed by atoms with E-state index in [4.69, 9.17) is 9.47 Å². The van der Waals surface area contributed by atoms with Crippen molar-refractivity contribution in [1.29, 1.82) is 0 Å². The molecule has 114 valence electrons. The molecule has 0 aliphatic carbocycles. The van der Waals surface area contributed by atoms with Crippen LogP contribution in [0.5, 0.6) is 0 Å². The van der Waals surface area contributed by atoms with E-state index in [9.17, 15) is 9.59 Å². The second-order valence-electron chi connectivity index (χ2n) is 4.31. The molecule has 2 aromatic carbocycles. The number of esters is 2. The molecule has 0 heterocycles. The zero-order valence-electron chi connectivity index (χ0n) is 11.9. The number of hydrogen-bond donors (Lipinski definition) is 0. The highest BCUT2D eigenvalue weighted by Crippen LogP contribution is 2.39. The summed E-state index contributed by atoms with van der Waals surface area (Å²) in [6.07, 6.45) is 0. The van der Waals surface area contributed by atoms with Crippen molar-refractivity contribution in [3.05, 3.63) is 56.5 Å². The first-order chi connectivity index (χ1) is 10.5. The molecule has 0 bridgehead atoms. The molecule has 0 saturated carbocycles. The average Bonchev–Trinajstić information content (AvgIpc) is 2.53. The first-order valence-corrected chi connectivity index (χ1v) is 7.83. The van der Waals surface area contributed by atoms with Crippen LogP contribution < -0.4 is 0 Å². The number of halogens is 2. The van der Waals surface area contributed by atoms with Gasteiger partial charge in [-0.3, -0.25) is 0 Å². The van der Waals surface area contributed by atoms with Crippen LogP contribution in [-0.4, -0.2) is 26.2 Å². The van der Waals surface area contributed by atoms with Crippen molar-refractivity contribution < 1.29 is 19.1 Å². The van der Waals surface area contributed by atoms with E-state index in [1.807, 2.05) is 0 Å². The second-order valence-corrected chi connectivity index (χ2v) is 6.02. The lowest BCUT2D eigenvalue weighted by molar-refractivity contribution is 0.0590. The largest absolute Gasteiger partial charge is 0.465 e. The molecule has 2 aromatic rings. The van der Waals surface area contributed by atoms with Gasteiger partial charge in [-0.2, -0.15) is 0 Å². The number of benzene rings is 2. The summed E-state index contributed by atoms with van der Waals surface area (Å²) >= 11 is 6.88. The standard InChI is InChI=1S/C16H12Br2O4/c1-21-15(19)9-5-3-7-11(17)13(9)14-10(16(20)22-2)6-4-8-12(14)18/h3-8H,1-2H3. The number of carbonyl (C=O) groups excluding carboxylic acids is 2. The van der Waals surface area contributed by atoms with Gasteiger partial charge < -0.3 is 9.47 Å². The summed E-state index contributed by atoms with van der Waals surface area (Å²) in [4.78, 5) is 24.1. The molecule has 2 rings (SSSR count). The van der Waals surface area contributed by atoms with E-state index in [2.05, 4.69) is 31.9 Å². The Morgan fingerprint density at radius 1 is 0.773 bits per heavy atom. The molecule has 0 radical (unpaired) electrons. The van der Waals surface area contributed by atoms with Gasteiger partial charge in [0, 0.05) is 20.1 Å². The smallest absolute Gasteiger partial charge is 0.338 e. The van der Waals surface area contributed by atoms with Crippen LogP contribution in [0.4, 0.5) is 0 Å². The van der Waals surface area contributed by atoms with Gasteiger partial charge in [0.25, 0.3) is 0 Å². The van der Waals surface area contributed by atoms with E-state index in [1.54, 1.807) is 36.4 Å². The van der Waals surface area contributed by atoms with Crippen LogP contribution >= 0.6 is 31.9 Å². The molecule has 0 saturated heterocycles. The summed E-state index contributed by atoms with van der Waals surface area (Å²) < 4.78 is 11.0. The highest BCUT2D eigenvalue weighted by Gasteiger charge is 2.23. The van der Waals surface area contributed by atoms with Gasteiger partial charge in [-0.25, -0.2) is 9.59 Å². The maximum atomic E-state index is 12.0. The Morgan fingerprint density at radius 3 is 1.45 bits per heavy atom. The highest BCUT2D eigenvalue weighted by molar-refractivity contribution is 9.11. The molecule has 0 spiro atoms. The van der Waals surface area contributed by atoms with Crippen molar-refractivity contribution in [2.75, 3.05) is 14.2 Å². The zero-order valence-corrected chi connectivity index (χ0v) is 15.0. The third kappa shape index (κ3) is 3.08. The van der Waals surface area contributed by atoms with E-state index >= 15 is 0 Å². The molecular formula is C16H12Br2O4. The molecule has 0 aliphatic rings. The minimum atomic E-state index is -0.483. The van der Waals surface area contributed by atoms with Gasteiger partial charge in [0.05, 0.1) is 25.3 Å². The maximum absolute atomic E-state index is 12.0. The molecule has 0 amide bonds. The van der Waals surface area contributed by atoms with Crippen molar-refractivity contribution in [3.8, 4) is 11.1 Å². The van der Waals surface area contributed by atoms with Gasteiger partial charge in [0.2, 0.25) is 0 Å². The van der Waals surface area contributed by atoms with Crippen molar-refractivity contribution in [2.45, 2.75) is 0 Å². The molecule has 0 atom stereocenters. The van der Waals surface area contributed by atoms with Crippen LogP contribution in [0.25, 0.3) is 11.1 Å². The highest BCUT2D eigenvalue weighted by atomic mass is 79.9. The summed E-state index contributed by atoms with van der Waals surface area (Å²) in [6, 6.07) is 10.3. The molecular weight excluding hydrogens is 416 g/mol. The Morgan fingerprint density at radius 2 is 1.14 bits per heavy atom. The fourth-order valence-corrected chi connectivity index (χ4v) is 3.25. The third-order valence-corrected chi connectivity index (χ3v) is 4.41. The minimum Gasteiger partial charge on any atom is -0.465 e. The van der Waals surface area contributed by atoms with Crippen LogP contribution in [0.2, 0.25) is 0 Å². The number of rotatable bonds is 3. The van der Waals surface area contributed by atoms with E-state index in [1.165, 1.54) is 14.2 Å². The first-order valence-electron chi connectivity index (χ1n) is 6.25. The topological polar surface area (TPSA) is 52.6 Å². The predicted octanol–water partition coefficient (Wildman–Crippen LogP) is 4.45. The Hall–Kier alpha value is -1.66. The molecule has 0 aliphatic heterocycles. The van der Waals surface area contributed by atoms with E-state index < -0.39 is 11.9 Å². The normalized spacial score (nSPS) is 10.2. The Balaban J connectivity index is 2.83. The van der Waals surface area contributed by atoms with Crippen LogP contribution in [0.15, 0.2) is 45.3 Å². The van der Waals surface area contributed by atoms with E-state index in [-0.39, 0.29) is 0 Å². The maximum Gasteiger partial charge on any atom is 0.338 e. The summed E-state index contributed by atoms with van der Waals surface area (Å²) in [6.45, 7) is 0. The lowest BCUT2D eigenvalue weighted by Gasteiger charge is -2.15. The SMILES string of the molecule is COC(=O)c1cccc(Br)c1-c1c(Br)cccc1C(=O)OC. The van der Waals surface area contributed by atoms with Crippen LogP contribution in [-0.2, 0) is 9.47 Å². The second kappa shape index (κ2) is 7.07. The molecule has 4 nitrogen and oxygen atoms in total. The van der Waals surface area contributed by atoms with Crippen molar-refractivity contribution in [1.82, 2.24) is 0 Å². The quantitative estimate of drug-likeness (QED) is 0.679. The van der Waals surface area contributed by atoms with Crippen LogP contribution in [0.3, 0.4) is 0 Å². The van der Waals surface area contributed by atoms with Gasteiger partial charge in [0.1, 0.15) is 0 Å². The van der Waals surface area contributed by atoms with Gasteiger partial charge in [-0.15, -0.1) is 0 Å². The fourth-order valence-electron chi connectivity index (χ4n) is 2.12. The van der Waals surface area contributed by atoms with Crippen molar-refractivity contribution >= 4 is 43.8 Å². The lowest BCUT2D eigenvalue weighted by atomic mass is 9.95. The molecule has 22 heavy (non-hydrogen) atoms. The van der Waals surface area contributed by atoms with Gasteiger partial charge in [-0.1, -0.05) is 44.0 Å². The summed E-state index contributed by atoms with van der Waals surface area (Å²) in [7, 11) is 2.63. The van der Waals surface area contributed by atoms with Gasteiger partial charge in [0.15, 0.2) is 0 Å². The van der Waals surface area contributed by atoms with E-state index in [0.717, 1.165) is 0 Å². The Kier molecular flexibility index (Phi) is 5.37. The van der Waals surface area contributed by atoms with Crippen molar-refractivity contribution in [2.24, 2.45) is 0 Å². The van der Waals surface area contributed by atoms with Gasteiger partial charge in [-0.05, 0) is 24.3 Å².